The lowest BCUT2D eigenvalue weighted by Gasteiger charge is -2.14. The van der Waals surface area contributed by atoms with Crippen molar-refractivity contribution < 1.29 is 19.0 Å². The van der Waals surface area contributed by atoms with Crippen LogP contribution in [-0.4, -0.2) is 51.6 Å². The number of ether oxygens (including phenoxy) is 3. The van der Waals surface area contributed by atoms with Crippen molar-refractivity contribution in [1.82, 2.24) is 5.32 Å². The molecule has 5 nitrogen and oxygen atoms in total. The lowest BCUT2D eigenvalue weighted by atomic mass is 9.98. The van der Waals surface area contributed by atoms with Gasteiger partial charge in [0.05, 0.1) is 19.8 Å². The Balaban J connectivity index is 1.26. The molecule has 0 atom stereocenters. The van der Waals surface area contributed by atoms with Crippen LogP contribution in [0.3, 0.4) is 0 Å². The third-order valence-corrected chi connectivity index (χ3v) is 5.67. The second-order valence-electron chi connectivity index (χ2n) is 7.58. The third kappa shape index (κ3) is 7.23. The largest absolute Gasteiger partial charge is 0.449 e. The van der Waals surface area contributed by atoms with Crippen LogP contribution in [-0.2, 0) is 14.2 Å². The zero-order valence-electron chi connectivity index (χ0n) is 18.0. The number of amides is 1. The molecule has 2 aromatic carbocycles. The first-order chi connectivity index (χ1) is 15.3. The molecule has 0 spiro atoms. The quantitative estimate of drug-likeness (QED) is 0.314. The van der Waals surface area contributed by atoms with E-state index in [-0.39, 0.29) is 5.92 Å². The summed E-state index contributed by atoms with van der Waals surface area (Å²) < 4.78 is 16.5. The summed E-state index contributed by atoms with van der Waals surface area (Å²) >= 11 is 5.65. The van der Waals surface area contributed by atoms with E-state index in [1.807, 2.05) is 24.3 Å². The van der Waals surface area contributed by atoms with E-state index in [9.17, 15) is 4.79 Å². The van der Waals surface area contributed by atoms with Crippen LogP contribution in [0.15, 0.2) is 48.5 Å². The van der Waals surface area contributed by atoms with Crippen LogP contribution in [0, 0.1) is 0 Å². The molecule has 0 heterocycles. The summed E-state index contributed by atoms with van der Waals surface area (Å²) in [5.41, 5.74) is 4.86. The van der Waals surface area contributed by atoms with Gasteiger partial charge in [0.1, 0.15) is 6.61 Å². The maximum absolute atomic E-state index is 12.1. The zero-order chi connectivity index (χ0) is 21.7. The number of hydrogen-bond donors (Lipinski definition) is 1. The molecule has 0 saturated carbocycles. The topological polar surface area (TPSA) is 56.8 Å². The van der Waals surface area contributed by atoms with Gasteiger partial charge >= 0.3 is 6.09 Å². The Labute approximate surface area is 190 Å². The number of carbonyl (C=O) groups excluding carboxylic acids is 1. The van der Waals surface area contributed by atoms with Crippen LogP contribution in [0.1, 0.15) is 42.7 Å². The summed E-state index contributed by atoms with van der Waals surface area (Å²) in [6.45, 7) is 3.01. The lowest BCUT2D eigenvalue weighted by Crippen LogP contribution is -2.29. The first-order valence-electron chi connectivity index (χ1n) is 11.1. The van der Waals surface area contributed by atoms with Gasteiger partial charge in [-0.25, -0.2) is 4.79 Å². The van der Waals surface area contributed by atoms with Crippen molar-refractivity contribution >= 4 is 17.7 Å². The normalized spacial score (nSPS) is 12.4. The molecule has 0 aromatic heterocycles. The maximum Gasteiger partial charge on any atom is 0.407 e. The van der Waals surface area contributed by atoms with E-state index in [4.69, 9.17) is 25.8 Å². The molecule has 0 bridgehead atoms. The van der Waals surface area contributed by atoms with E-state index >= 15 is 0 Å². The minimum Gasteiger partial charge on any atom is -0.449 e. The van der Waals surface area contributed by atoms with Gasteiger partial charge in [0.25, 0.3) is 0 Å². The number of alkyl halides is 1. The predicted octanol–water partition coefficient (Wildman–Crippen LogP) is 5.36. The number of benzene rings is 2. The molecule has 3 rings (SSSR count). The average molecular weight is 446 g/mol. The van der Waals surface area contributed by atoms with E-state index in [1.54, 1.807) is 0 Å². The fourth-order valence-corrected chi connectivity index (χ4v) is 4.04. The Morgan fingerprint density at radius 2 is 1.42 bits per heavy atom. The third-order valence-electron chi connectivity index (χ3n) is 5.40. The maximum atomic E-state index is 12.1. The smallest absolute Gasteiger partial charge is 0.407 e. The van der Waals surface area contributed by atoms with E-state index in [0.29, 0.717) is 33.0 Å². The van der Waals surface area contributed by atoms with Crippen molar-refractivity contribution in [2.75, 3.05) is 45.5 Å². The Morgan fingerprint density at radius 3 is 2.10 bits per heavy atom. The Kier molecular flexibility index (Phi) is 10.2. The van der Waals surface area contributed by atoms with Gasteiger partial charge in [0.15, 0.2) is 0 Å². The minimum absolute atomic E-state index is 0.0708. The van der Waals surface area contributed by atoms with Gasteiger partial charge in [0.2, 0.25) is 0 Å². The molecule has 1 aliphatic carbocycles. The van der Waals surface area contributed by atoms with Gasteiger partial charge < -0.3 is 19.5 Å². The predicted molar refractivity (Wildman–Crippen MR) is 124 cm³/mol. The van der Waals surface area contributed by atoms with Gasteiger partial charge in [-0.3, -0.25) is 0 Å². The number of carbonyl (C=O) groups is 1. The number of rotatable bonds is 14. The highest BCUT2D eigenvalue weighted by Gasteiger charge is 2.28. The number of fused-ring (bicyclic) bond motifs is 3. The Morgan fingerprint density at radius 1 is 0.806 bits per heavy atom. The SMILES string of the molecule is O=C(NCCOCCOCCCCCCCl)OCC1c2ccccc2-c2ccccc21. The summed E-state index contributed by atoms with van der Waals surface area (Å²) in [7, 11) is 0. The van der Waals surface area contributed by atoms with Gasteiger partial charge in [-0.2, -0.15) is 0 Å². The van der Waals surface area contributed by atoms with Crippen LogP contribution in [0.25, 0.3) is 11.1 Å². The molecule has 31 heavy (non-hydrogen) atoms. The molecule has 0 aliphatic heterocycles. The van der Waals surface area contributed by atoms with E-state index in [2.05, 4.69) is 29.6 Å². The minimum atomic E-state index is -0.418. The number of alkyl carbamates (subject to hydrolysis) is 1. The number of hydrogen-bond acceptors (Lipinski definition) is 4. The summed E-state index contributed by atoms with van der Waals surface area (Å²) in [6.07, 6.45) is 4.02. The number of unbranched alkanes of at least 4 members (excludes halogenated alkanes) is 3. The molecule has 1 N–H and O–H groups in total. The van der Waals surface area contributed by atoms with E-state index < -0.39 is 6.09 Å². The summed E-state index contributed by atoms with van der Waals surface area (Å²) in [5.74, 6) is 0.806. The highest BCUT2D eigenvalue weighted by atomic mass is 35.5. The molecule has 0 radical (unpaired) electrons. The van der Waals surface area contributed by atoms with E-state index in [0.717, 1.165) is 38.2 Å². The van der Waals surface area contributed by atoms with Crippen LogP contribution in [0.2, 0.25) is 0 Å². The molecular formula is C25H32ClNO4. The molecule has 0 fully saturated rings. The monoisotopic (exact) mass is 445 g/mol. The Hall–Kier alpha value is -2.08. The number of nitrogens with one attached hydrogen (secondary N) is 1. The highest BCUT2D eigenvalue weighted by molar-refractivity contribution is 6.17. The summed E-state index contributed by atoms with van der Waals surface area (Å²) in [5, 5.41) is 2.75. The van der Waals surface area contributed by atoms with Crippen LogP contribution in [0.5, 0.6) is 0 Å². The van der Waals surface area contributed by atoms with Crippen molar-refractivity contribution in [3.05, 3.63) is 59.7 Å². The lowest BCUT2D eigenvalue weighted by molar-refractivity contribution is 0.0468. The molecule has 6 heteroatoms. The molecule has 1 amide bonds. The fourth-order valence-electron chi connectivity index (χ4n) is 3.85. The van der Waals surface area contributed by atoms with Gasteiger partial charge in [-0.1, -0.05) is 61.4 Å². The van der Waals surface area contributed by atoms with Crippen LogP contribution < -0.4 is 5.32 Å². The molecular weight excluding hydrogens is 414 g/mol. The molecule has 0 unspecified atom stereocenters. The molecule has 0 saturated heterocycles. The van der Waals surface area contributed by atoms with Crippen molar-refractivity contribution in [2.24, 2.45) is 0 Å². The second kappa shape index (κ2) is 13.4. The fraction of sp³-hybridized carbons (Fsp3) is 0.480. The molecule has 2 aromatic rings. The Bertz CT molecular complexity index is 768. The first-order valence-corrected chi connectivity index (χ1v) is 11.6. The first kappa shape index (κ1) is 23.6. The van der Waals surface area contributed by atoms with Crippen LogP contribution in [0.4, 0.5) is 4.79 Å². The second-order valence-corrected chi connectivity index (χ2v) is 7.96. The van der Waals surface area contributed by atoms with Gasteiger partial charge in [-0.05, 0) is 35.1 Å². The summed E-state index contributed by atoms with van der Waals surface area (Å²) in [6, 6.07) is 16.6. The van der Waals surface area contributed by atoms with Crippen molar-refractivity contribution in [3.8, 4) is 11.1 Å². The molecule has 168 valence electrons. The standard InChI is InChI=1S/C25H32ClNO4/c26-13-7-1-2-8-15-29-17-18-30-16-14-27-25(28)31-19-24-22-11-5-3-9-20(22)21-10-4-6-12-23(21)24/h3-6,9-12,24H,1-2,7-8,13-19H2,(H,27,28). The van der Waals surface area contributed by atoms with Crippen molar-refractivity contribution in [2.45, 2.75) is 31.6 Å². The summed E-state index contributed by atoms with van der Waals surface area (Å²) in [4.78, 5) is 12.1. The van der Waals surface area contributed by atoms with Crippen LogP contribution >= 0.6 is 11.6 Å². The van der Waals surface area contributed by atoms with Gasteiger partial charge in [-0.15, -0.1) is 11.6 Å². The van der Waals surface area contributed by atoms with Gasteiger partial charge in [0, 0.05) is 24.9 Å². The average Bonchev–Trinajstić information content (AvgIpc) is 3.12. The highest BCUT2D eigenvalue weighted by Crippen LogP contribution is 2.44. The molecule has 1 aliphatic rings. The van der Waals surface area contributed by atoms with E-state index in [1.165, 1.54) is 22.3 Å². The zero-order valence-corrected chi connectivity index (χ0v) is 18.7. The number of halogens is 1. The van der Waals surface area contributed by atoms with Crippen molar-refractivity contribution in [1.29, 1.82) is 0 Å². The van der Waals surface area contributed by atoms with Crippen molar-refractivity contribution in [3.63, 3.8) is 0 Å².